The van der Waals surface area contributed by atoms with Crippen LogP contribution in [0.15, 0.2) is 34.2 Å². The maximum Gasteiger partial charge on any atom is 0.273 e. The lowest BCUT2D eigenvalue weighted by Crippen LogP contribution is -2.19. The predicted octanol–water partition coefficient (Wildman–Crippen LogP) is 2.55. The zero-order chi connectivity index (χ0) is 14.9. The minimum Gasteiger partial charge on any atom is -0.384 e. The Morgan fingerprint density at radius 3 is 2.30 bits per heavy atom. The molecule has 0 bridgehead atoms. The van der Waals surface area contributed by atoms with Gasteiger partial charge in [0.25, 0.3) is 5.56 Å². The molecule has 0 fully saturated rings. The number of pyridine rings is 1. The Bertz CT molecular complexity index is 742. The lowest BCUT2D eigenvalue weighted by Gasteiger charge is -2.07. The molecule has 0 spiro atoms. The molecule has 2 rings (SSSR count). The van der Waals surface area contributed by atoms with E-state index in [4.69, 9.17) is 5.73 Å². The molecule has 0 unspecified atom stereocenters. The number of hydrogen-bond donors (Lipinski definition) is 1. The highest BCUT2D eigenvalue weighted by Crippen LogP contribution is 2.13. The number of rotatable bonds is 2. The van der Waals surface area contributed by atoms with Crippen molar-refractivity contribution < 1.29 is 0 Å². The third-order valence-electron chi connectivity index (χ3n) is 3.37. The summed E-state index contributed by atoms with van der Waals surface area (Å²) in [5.74, 6) is 0.340. The van der Waals surface area contributed by atoms with Crippen molar-refractivity contribution in [1.29, 1.82) is 0 Å². The van der Waals surface area contributed by atoms with Gasteiger partial charge in [-0.05, 0) is 67.6 Å². The molecule has 20 heavy (non-hydrogen) atoms. The maximum absolute atomic E-state index is 11.9. The van der Waals surface area contributed by atoms with Crippen LogP contribution in [0.5, 0.6) is 0 Å². The van der Waals surface area contributed by atoms with Crippen LogP contribution in [0, 0.1) is 27.7 Å². The van der Waals surface area contributed by atoms with E-state index in [9.17, 15) is 4.79 Å². The van der Waals surface area contributed by atoms with Crippen molar-refractivity contribution in [2.75, 3.05) is 5.73 Å². The first-order valence-electron chi connectivity index (χ1n) is 6.50. The Labute approximate surface area is 118 Å². The first kappa shape index (κ1) is 14.1. The Morgan fingerprint density at radius 1 is 1.00 bits per heavy atom. The standard InChI is InChI=1S/C16H19N3O/c1-10-5-15(17)19(16(20)6-10)18-9-14-8-12(3)11(2)7-13(14)4/h5-9H,17H2,1-4H3/b18-9-. The van der Waals surface area contributed by atoms with Gasteiger partial charge in [0, 0.05) is 6.07 Å². The zero-order valence-corrected chi connectivity index (χ0v) is 12.3. The van der Waals surface area contributed by atoms with Crippen LogP contribution in [0.3, 0.4) is 0 Å². The predicted molar refractivity (Wildman–Crippen MR) is 83.5 cm³/mol. The summed E-state index contributed by atoms with van der Waals surface area (Å²) in [5, 5.41) is 4.20. The minimum atomic E-state index is -0.222. The van der Waals surface area contributed by atoms with E-state index in [0.717, 1.165) is 16.7 Å². The Morgan fingerprint density at radius 2 is 1.65 bits per heavy atom. The third-order valence-corrected chi connectivity index (χ3v) is 3.37. The lowest BCUT2D eigenvalue weighted by atomic mass is 10.0. The molecule has 0 radical (unpaired) electrons. The second-order valence-corrected chi connectivity index (χ2v) is 5.15. The third kappa shape index (κ3) is 2.79. The van der Waals surface area contributed by atoms with E-state index in [-0.39, 0.29) is 5.56 Å². The van der Waals surface area contributed by atoms with Crippen LogP contribution in [0.1, 0.15) is 27.8 Å². The summed E-state index contributed by atoms with van der Waals surface area (Å²) in [6.07, 6.45) is 1.68. The van der Waals surface area contributed by atoms with Crippen molar-refractivity contribution in [3.05, 3.63) is 62.4 Å². The van der Waals surface area contributed by atoms with Crippen LogP contribution in [0.4, 0.5) is 5.82 Å². The molecule has 0 atom stereocenters. The molecule has 104 valence electrons. The van der Waals surface area contributed by atoms with Gasteiger partial charge in [0.05, 0.1) is 6.21 Å². The summed E-state index contributed by atoms with van der Waals surface area (Å²) in [6, 6.07) is 7.41. The van der Waals surface area contributed by atoms with E-state index in [1.807, 2.05) is 13.8 Å². The van der Waals surface area contributed by atoms with Crippen LogP contribution >= 0.6 is 0 Å². The SMILES string of the molecule is Cc1cc(N)n(/N=C\c2cc(C)c(C)cc2C)c(=O)c1. The highest BCUT2D eigenvalue weighted by molar-refractivity contribution is 5.82. The summed E-state index contributed by atoms with van der Waals surface area (Å²) in [6.45, 7) is 7.98. The summed E-state index contributed by atoms with van der Waals surface area (Å²) in [7, 11) is 0. The van der Waals surface area contributed by atoms with Crippen molar-refractivity contribution in [3.63, 3.8) is 0 Å². The van der Waals surface area contributed by atoms with Gasteiger partial charge in [-0.1, -0.05) is 6.07 Å². The highest BCUT2D eigenvalue weighted by atomic mass is 16.1. The molecule has 1 heterocycles. The maximum atomic E-state index is 11.9. The molecule has 2 aromatic rings. The van der Waals surface area contributed by atoms with E-state index in [1.165, 1.54) is 21.9 Å². The van der Waals surface area contributed by atoms with Crippen molar-refractivity contribution in [2.24, 2.45) is 5.10 Å². The summed E-state index contributed by atoms with van der Waals surface area (Å²) in [4.78, 5) is 11.9. The number of anilines is 1. The van der Waals surface area contributed by atoms with Gasteiger partial charge in [-0.25, -0.2) is 0 Å². The van der Waals surface area contributed by atoms with Crippen LogP contribution in [-0.2, 0) is 0 Å². The Hall–Kier alpha value is -2.36. The number of hydrogen-bond acceptors (Lipinski definition) is 3. The molecule has 1 aromatic heterocycles. The first-order valence-corrected chi connectivity index (χ1v) is 6.50. The quantitative estimate of drug-likeness (QED) is 0.852. The van der Waals surface area contributed by atoms with Crippen LogP contribution in [0.2, 0.25) is 0 Å². The van der Waals surface area contributed by atoms with Gasteiger partial charge in [0.2, 0.25) is 0 Å². The normalized spacial score (nSPS) is 11.2. The fraction of sp³-hybridized carbons (Fsp3) is 0.250. The number of benzene rings is 1. The van der Waals surface area contributed by atoms with Gasteiger partial charge in [-0.15, -0.1) is 0 Å². The average Bonchev–Trinajstić information content (AvgIpc) is 2.33. The second kappa shape index (κ2) is 5.33. The molecule has 0 amide bonds. The van der Waals surface area contributed by atoms with Gasteiger partial charge in [0.15, 0.2) is 0 Å². The molecule has 4 nitrogen and oxygen atoms in total. The topological polar surface area (TPSA) is 60.4 Å². The summed E-state index contributed by atoms with van der Waals surface area (Å²) >= 11 is 0. The molecular weight excluding hydrogens is 250 g/mol. The monoisotopic (exact) mass is 269 g/mol. The number of nitrogen functional groups attached to an aromatic ring is 1. The fourth-order valence-electron chi connectivity index (χ4n) is 2.08. The molecule has 0 aliphatic rings. The lowest BCUT2D eigenvalue weighted by molar-refractivity contribution is 0.843. The Balaban J connectivity index is 2.45. The largest absolute Gasteiger partial charge is 0.384 e. The molecule has 0 saturated heterocycles. The number of nitrogens with zero attached hydrogens (tertiary/aromatic N) is 2. The van der Waals surface area contributed by atoms with Gasteiger partial charge in [-0.3, -0.25) is 4.79 Å². The highest BCUT2D eigenvalue weighted by Gasteiger charge is 2.02. The summed E-state index contributed by atoms with van der Waals surface area (Å²) in [5.41, 5.74) is 11.0. The molecule has 0 aliphatic heterocycles. The molecule has 2 N–H and O–H groups in total. The van der Waals surface area contributed by atoms with Crippen LogP contribution in [0.25, 0.3) is 0 Å². The zero-order valence-electron chi connectivity index (χ0n) is 12.3. The average molecular weight is 269 g/mol. The van der Waals surface area contributed by atoms with Crippen molar-refractivity contribution in [3.8, 4) is 0 Å². The molecule has 0 saturated carbocycles. The minimum absolute atomic E-state index is 0.222. The van der Waals surface area contributed by atoms with Gasteiger partial charge in [0.1, 0.15) is 5.82 Å². The van der Waals surface area contributed by atoms with Gasteiger partial charge in [-0.2, -0.15) is 9.78 Å². The molecule has 0 aliphatic carbocycles. The smallest absolute Gasteiger partial charge is 0.273 e. The fourth-order valence-corrected chi connectivity index (χ4v) is 2.08. The number of aryl methyl sites for hydroxylation is 4. The van der Waals surface area contributed by atoms with E-state index in [2.05, 4.69) is 31.1 Å². The number of nitrogens with two attached hydrogens (primary N) is 1. The summed E-state index contributed by atoms with van der Waals surface area (Å²) < 4.78 is 1.21. The van der Waals surface area contributed by atoms with Crippen molar-refractivity contribution in [2.45, 2.75) is 27.7 Å². The molecule has 1 aromatic carbocycles. The van der Waals surface area contributed by atoms with Crippen molar-refractivity contribution >= 4 is 12.0 Å². The van der Waals surface area contributed by atoms with Crippen LogP contribution in [-0.4, -0.2) is 10.9 Å². The van der Waals surface area contributed by atoms with Gasteiger partial charge < -0.3 is 5.73 Å². The van der Waals surface area contributed by atoms with Gasteiger partial charge >= 0.3 is 0 Å². The Kier molecular flexibility index (Phi) is 3.74. The second-order valence-electron chi connectivity index (χ2n) is 5.15. The van der Waals surface area contributed by atoms with Crippen LogP contribution < -0.4 is 11.3 Å². The van der Waals surface area contributed by atoms with E-state index in [1.54, 1.807) is 12.3 Å². The van der Waals surface area contributed by atoms with E-state index >= 15 is 0 Å². The van der Waals surface area contributed by atoms with Crippen molar-refractivity contribution in [1.82, 2.24) is 4.68 Å². The molecular formula is C16H19N3O. The van der Waals surface area contributed by atoms with E-state index in [0.29, 0.717) is 5.82 Å². The molecule has 4 heteroatoms. The number of aromatic nitrogens is 1. The first-order chi connectivity index (χ1) is 9.38. The van der Waals surface area contributed by atoms with E-state index < -0.39 is 0 Å².